The fourth-order valence-electron chi connectivity index (χ4n) is 1.78. The van der Waals surface area contributed by atoms with E-state index < -0.39 is 6.23 Å². The first-order valence-corrected chi connectivity index (χ1v) is 7.57. The van der Waals surface area contributed by atoms with Crippen LogP contribution in [0.4, 0.5) is 4.79 Å². The van der Waals surface area contributed by atoms with Gasteiger partial charge in [0, 0.05) is 11.0 Å². The van der Waals surface area contributed by atoms with Crippen LogP contribution in [0.1, 0.15) is 12.5 Å². The molecule has 0 radical (unpaired) electrons. The highest BCUT2D eigenvalue weighted by atomic mass is 79.9. The van der Waals surface area contributed by atoms with E-state index in [2.05, 4.69) is 26.6 Å². The maximum Gasteiger partial charge on any atom is 0.317 e. The molecule has 2 aromatic rings. The molecule has 3 N–H and O–H groups in total. The molecule has 0 spiro atoms. The third-order valence-corrected chi connectivity index (χ3v) is 3.38. The second kappa shape index (κ2) is 7.70. The van der Waals surface area contributed by atoms with E-state index in [-0.39, 0.29) is 11.8 Å². The van der Waals surface area contributed by atoms with Crippen molar-refractivity contribution >= 4 is 22.0 Å². The number of phenols is 1. The van der Waals surface area contributed by atoms with E-state index in [1.165, 1.54) is 12.1 Å². The number of benzene rings is 2. The number of hydrogen-bond donors (Lipinski definition) is 3. The lowest BCUT2D eigenvalue weighted by Crippen LogP contribution is -2.43. The van der Waals surface area contributed by atoms with E-state index in [4.69, 9.17) is 4.74 Å². The highest BCUT2D eigenvalue weighted by Crippen LogP contribution is 2.16. The first-order valence-electron chi connectivity index (χ1n) is 6.77. The van der Waals surface area contributed by atoms with Gasteiger partial charge in [-0.1, -0.05) is 28.1 Å². The Morgan fingerprint density at radius 3 is 2.45 bits per heavy atom. The van der Waals surface area contributed by atoms with E-state index >= 15 is 0 Å². The molecule has 0 aliphatic heterocycles. The summed E-state index contributed by atoms with van der Waals surface area (Å²) < 4.78 is 6.52. The van der Waals surface area contributed by atoms with Gasteiger partial charge in [0.25, 0.3) is 0 Å². The summed E-state index contributed by atoms with van der Waals surface area (Å²) in [4.78, 5) is 11.8. The quantitative estimate of drug-likeness (QED) is 0.712. The number of phenolic OH excluding ortho intramolecular Hbond substituents is 1. The SMILES string of the molecule is CC(NC(=O)NCc1ccc(Br)cc1)Oc1ccc(O)cc1. The van der Waals surface area contributed by atoms with E-state index in [0.29, 0.717) is 12.3 Å². The number of aromatic hydroxyl groups is 1. The maximum absolute atomic E-state index is 11.8. The maximum atomic E-state index is 11.8. The third-order valence-electron chi connectivity index (χ3n) is 2.85. The molecule has 5 nitrogen and oxygen atoms in total. The number of halogens is 1. The molecule has 0 aliphatic carbocycles. The van der Waals surface area contributed by atoms with Crippen molar-refractivity contribution in [1.29, 1.82) is 0 Å². The first kappa shape index (κ1) is 16.2. The van der Waals surface area contributed by atoms with Crippen LogP contribution < -0.4 is 15.4 Å². The molecule has 2 aromatic carbocycles. The lowest BCUT2D eigenvalue weighted by molar-refractivity contribution is 0.177. The Balaban J connectivity index is 1.76. The number of amides is 2. The molecule has 1 unspecified atom stereocenters. The van der Waals surface area contributed by atoms with Gasteiger partial charge >= 0.3 is 6.03 Å². The minimum absolute atomic E-state index is 0.167. The van der Waals surface area contributed by atoms with Crippen LogP contribution >= 0.6 is 15.9 Å². The molecule has 0 fully saturated rings. The zero-order valence-corrected chi connectivity index (χ0v) is 13.6. The first-order chi connectivity index (χ1) is 10.5. The lowest BCUT2D eigenvalue weighted by atomic mass is 10.2. The van der Waals surface area contributed by atoms with Gasteiger partial charge < -0.3 is 20.5 Å². The summed E-state index contributed by atoms with van der Waals surface area (Å²) in [5.74, 6) is 0.735. The number of rotatable bonds is 5. The topological polar surface area (TPSA) is 70.6 Å². The normalized spacial score (nSPS) is 11.5. The second-order valence-electron chi connectivity index (χ2n) is 4.71. The Kier molecular flexibility index (Phi) is 5.66. The van der Waals surface area contributed by atoms with Crippen LogP contribution in [0.25, 0.3) is 0 Å². The Hall–Kier alpha value is -2.21. The number of carbonyl (C=O) groups is 1. The average molecular weight is 365 g/mol. The minimum Gasteiger partial charge on any atom is -0.508 e. The van der Waals surface area contributed by atoms with Crippen molar-refractivity contribution < 1.29 is 14.6 Å². The molecular formula is C16H17BrN2O3. The molecule has 0 saturated carbocycles. The van der Waals surface area contributed by atoms with E-state index in [9.17, 15) is 9.90 Å². The predicted octanol–water partition coefficient (Wildman–Crippen LogP) is 3.38. The van der Waals surface area contributed by atoms with Crippen LogP contribution in [0, 0.1) is 0 Å². The Morgan fingerprint density at radius 1 is 1.18 bits per heavy atom. The van der Waals surface area contributed by atoms with Gasteiger partial charge in [0.05, 0.1) is 0 Å². The minimum atomic E-state index is -0.491. The largest absolute Gasteiger partial charge is 0.508 e. The van der Waals surface area contributed by atoms with E-state index in [1.807, 2.05) is 24.3 Å². The summed E-state index contributed by atoms with van der Waals surface area (Å²) in [5, 5.41) is 14.6. The standard InChI is InChI=1S/C16H17BrN2O3/c1-11(22-15-8-6-14(20)7-9-15)19-16(21)18-10-12-2-4-13(17)5-3-12/h2-9,11,20H,10H2,1H3,(H2,18,19,21). The van der Waals surface area contributed by atoms with Gasteiger partial charge in [-0.3, -0.25) is 0 Å². The van der Waals surface area contributed by atoms with Crippen LogP contribution in [0.15, 0.2) is 53.0 Å². The Labute approximate surface area is 137 Å². The molecule has 22 heavy (non-hydrogen) atoms. The summed E-state index contributed by atoms with van der Waals surface area (Å²) in [6.45, 7) is 2.16. The third kappa shape index (κ3) is 5.29. The van der Waals surface area contributed by atoms with Gasteiger partial charge in [-0.05, 0) is 48.9 Å². The van der Waals surface area contributed by atoms with E-state index in [0.717, 1.165) is 10.0 Å². The number of ether oxygens (including phenoxy) is 1. The molecule has 2 amide bonds. The number of hydrogen-bond acceptors (Lipinski definition) is 3. The summed E-state index contributed by atoms with van der Waals surface area (Å²) in [5.41, 5.74) is 1.01. The van der Waals surface area contributed by atoms with Crippen LogP contribution in [-0.4, -0.2) is 17.4 Å². The molecule has 1 atom stereocenters. The fraction of sp³-hybridized carbons (Fsp3) is 0.188. The van der Waals surface area contributed by atoms with Crippen LogP contribution in [0.5, 0.6) is 11.5 Å². The zero-order valence-electron chi connectivity index (χ0n) is 12.0. The van der Waals surface area contributed by atoms with Gasteiger partial charge in [0.1, 0.15) is 11.5 Å². The molecule has 2 rings (SSSR count). The van der Waals surface area contributed by atoms with Crippen LogP contribution in [-0.2, 0) is 6.54 Å². The monoisotopic (exact) mass is 364 g/mol. The second-order valence-corrected chi connectivity index (χ2v) is 5.62. The van der Waals surface area contributed by atoms with Crippen molar-refractivity contribution in [3.8, 4) is 11.5 Å². The number of carbonyl (C=O) groups excluding carboxylic acids is 1. The molecular weight excluding hydrogens is 348 g/mol. The molecule has 0 saturated heterocycles. The summed E-state index contributed by atoms with van der Waals surface area (Å²) >= 11 is 3.36. The zero-order chi connectivity index (χ0) is 15.9. The molecule has 0 aliphatic rings. The Morgan fingerprint density at radius 2 is 1.82 bits per heavy atom. The highest BCUT2D eigenvalue weighted by molar-refractivity contribution is 9.10. The molecule has 0 aromatic heterocycles. The van der Waals surface area contributed by atoms with Gasteiger partial charge in [-0.2, -0.15) is 0 Å². The van der Waals surface area contributed by atoms with E-state index in [1.54, 1.807) is 19.1 Å². The summed E-state index contributed by atoms with van der Waals surface area (Å²) in [6, 6.07) is 13.7. The van der Waals surface area contributed by atoms with Gasteiger partial charge in [-0.15, -0.1) is 0 Å². The van der Waals surface area contributed by atoms with Crippen LogP contribution in [0.2, 0.25) is 0 Å². The van der Waals surface area contributed by atoms with Crippen molar-refractivity contribution in [2.45, 2.75) is 19.7 Å². The predicted molar refractivity (Wildman–Crippen MR) is 87.7 cm³/mol. The van der Waals surface area contributed by atoms with Crippen molar-refractivity contribution in [1.82, 2.24) is 10.6 Å². The molecule has 116 valence electrons. The molecule has 0 heterocycles. The number of urea groups is 1. The van der Waals surface area contributed by atoms with Crippen molar-refractivity contribution in [2.75, 3.05) is 0 Å². The number of nitrogens with one attached hydrogen (secondary N) is 2. The summed E-state index contributed by atoms with van der Waals surface area (Å²) in [6.07, 6.45) is -0.491. The lowest BCUT2D eigenvalue weighted by Gasteiger charge is -2.16. The van der Waals surface area contributed by atoms with Gasteiger partial charge in [0.15, 0.2) is 6.23 Å². The Bertz CT molecular complexity index is 614. The van der Waals surface area contributed by atoms with Crippen molar-refractivity contribution in [3.05, 3.63) is 58.6 Å². The fourth-order valence-corrected chi connectivity index (χ4v) is 2.04. The molecule has 0 bridgehead atoms. The van der Waals surface area contributed by atoms with Crippen molar-refractivity contribution in [2.24, 2.45) is 0 Å². The summed E-state index contributed by atoms with van der Waals surface area (Å²) in [7, 11) is 0. The van der Waals surface area contributed by atoms with Gasteiger partial charge in [0.2, 0.25) is 0 Å². The van der Waals surface area contributed by atoms with Crippen LogP contribution in [0.3, 0.4) is 0 Å². The molecule has 6 heteroatoms. The van der Waals surface area contributed by atoms with Gasteiger partial charge in [-0.25, -0.2) is 4.79 Å². The average Bonchev–Trinajstić information content (AvgIpc) is 2.49. The highest BCUT2D eigenvalue weighted by Gasteiger charge is 2.08. The smallest absolute Gasteiger partial charge is 0.317 e. The van der Waals surface area contributed by atoms with Crippen molar-refractivity contribution in [3.63, 3.8) is 0 Å².